The van der Waals surface area contributed by atoms with Crippen LogP contribution in [-0.2, 0) is 0 Å². The summed E-state index contributed by atoms with van der Waals surface area (Å²) >= 11 is 1.83. The van der Waals surface area contributed by atoms with E-state index in [9.17, 15) is 14.9 Å². The SMILES string of the molecule is CN(C)CC1CSCCCN1C(=O)c1ccc([N+](=O)[O-])o1. The van der Waals surface area contributed by atoms with Crippen molar-refractivity contribution in [3.05, 3.63) is 28.0 Å². The normalized spacial score (nSPS) is 19.6. The van der Waals surface area contributed by atoms with Crippen LogP contribution in [0, 0.1) is 10.1 Å². The van der Waals surface area contributed by atoms with Crippen LogP contribution in [0.15, 0.2) is 16.5 Å². The summed E-state index contributed by atoms with van der Waals surface area (Å²) in [6.45, 7) is 1.42. The Kier molecular flexibility index (Phi) is 5.24. The third-order valence-electron chi connectivity index (χ3n) is 3.26. The Labute approximate surface area is 127 Å². The molecule has 7 nitrogen and oxygen atoms in total. The molecule has 0 aromatic carbocycles. The minimum absolute atomic E-state index is 0.0392. The Hall–Kier alpha value is -1.54. The highest BCUT2D eigenvalue weighted by Crippen LogP contribution is 2.22. The first-order chi connectivity index (χ1) is 9.99. The number of carbonyl (C=O) groups excluding carboxylic acids is 1. The molecule has 1 unspecified atom stereocenters. The number of hydrogen-bond acceptors (Lipinski definition) is 6. The highest BCUT2D eigenvalue weighted by molar-refractivity contribution is 7.99. The van der Waals surface area contributed by atoms with Crippen LogP contribution < -0.4 is 0 Å². The lowest BCUT2D eigenvalue weighted by Gasteiger charge is -2.31. The number of carbonyl (C=O) groups is 1. The summed E-state index contributed by atoms with van der Waals surface area (Å²) in [4.78, 5) is 26.4. The number of nitrogens with zero attached hydrogens (tertiary/aromatic N) is 3. The molecule has 1 aliphatic heterocycles. The van der Waals surface area contributed by atoms with Gasteiger partial charge in [-0.2, -0.15) is 11.8 Å². The standard InChI is InChI=1S/C13H19N3O4S/c1-14(2)8-10-9-21-7-3-6-15(10)13(17)11-4-5-12(20-11)16(18)19/h4-5,10H,3,6-9H2,1-2H3. The van der Waals surface area contributed by atoms with Crippen molar-refractivity contribution in [1.82, 2.24) is 9.80 Å². The summed E-state index contributed by atoms with van der Waals surface area (Å²) in [5.74, 6) is 1.26. The van der Waals surface area contributed by atoms with E-state index in [1.165, 1.54) is 12.1 Å². The lowest BCUT2D eigenvalue weighted by atomic mass is 10.2. The Morgan fingerprint density at radius 2 is 2.33 bits per heavy atom. The van der Waals surface area contributed by atoms with Crippen LogP contribution in [-0.4, -0.2) is 65.4 Å². The van der Waals surface area contributed by atoms with Crippen LogP contribution in [0.3, 0.4) is 0 Å². The molecular formula is C13H19N3O4S. The van der Waals surface area contributed by atoms with Crippen molar-refractivity contribution < 1.29 is 14.1 Å². The van der Waals surface area contributed by atoms with Gasteiger partial charge in [0.25, 0.3) is 5.91 Å². The fourth-order valence-corrected chi connectivity index (χ4v) is 3.41. The molecule has 1 aromatic rings. The van der Waals surface area contributed by atoms with Gasteiger partial charge in [-0.05, 0) is 32.3 Å². The number of hydrogen-bond donors (Lipinski definition) is 0. The smallest absolute Gasteiger partial charge is 0.395 e. The molecule has 8 heteroatoms. The fourth-order valence-electron chi connectivity index (χ4n) is 2.35. The van der Waals surface area contributed by atoms with Gasteiger partial charge in [0, 0.05) is 18.8 Å². The van der Waals surface area contributed by atoms with E-state index in [0.717, 1.165) is 24.5 Å². The van der Waals surface area contributed by atoms with Gasteiger partial charge in [0.1, 0.15) is 4.92 Å². The molecule has 0 saturated carbocycles. The Balaban J connectivity index is 2.17. The molecule has 1 atom stereocenters. The van der Waals surface area contributed by atoms with Crippen molar-refractivity contribution in [3.63, 3.8) is 0 Å². The molecule has 0 bridgehead atoms. The van der Waals surface area contributed by atoms with Crippen LogP contribution in [0.4, 0.5) is 5.88 Å². The number of likely N-dealkylation sites (N-methyl/N-ethyl adjacent to an activating group) is 1. The lowest BCUT2D eigenvalue weighted by molar-refractivity contribution is -0.402. The summed E-state index contributed by atoms with van der Waals surface area (Å²) in [6, 6.07) is 2.69. The van der Waals surface area contributed by atoms with Crippen LogP contribution in [0.1, 0.15) is 17.0 Å². The molecule has 1 amide bonds. The van der Waals surface area contributed by atoms with E-state index >= 15 is 0 Å². The molecule has 0 N–H and O–H groups in total. The highest BCUT2D eigenvalue weighted by Gasteiger charge is 2.29. The first-order valence-electron chi connectivity index (χ1n) is 6.76. The largest absolute Gasteiger partial charge is 0.433 e. The second-order valence-corrected chi connectivity index (χ2v) is 6.39. The van der Waals surface area contributed by atoms with Crippen molar-refractivity contribution in [3.8, 4) is 0 Å². The molecule has 2 heterocycles. The molecule has 1 aromatic heterocycles. The third kappa shape index (κ3) is 3.98. The summed E-state index contributed by atoms with van der Waals surface area (Å²) < 4.78 is 5.04. The average Bonchev–Trinajstić information content (AvgIpc) is 2.80. The fraction of sp³-hybridized carbons (Fsp3) is 0.615. The number of rotatable bonds is 4. The molecule has 2 rings (SSSR count). The lowest BCUT2D eigenvalue weighted by Crippen LogP contribution is -2.46. The maximum atomic E-state index is 12.6. The van der Waals surface area contributed by atoms with Crippen molar-refractivity contribution in [2.24, 2.45) is 0 Å². The van der Waals surface area contributed by atoms with E-state index in [1.807, 2.05) is 30.8 Å². The second kappa shape index (κ2) is 6.95. The molecule has 0 radical (unpaired) electrons. The minimum atomic E-state index is -0.633. The summed E-state index contributed by atoms with van der Waals surface area (Å²) in [7, 11) is 3.94. The van der Waals surface area contributed by atoms with Crippen molar-refractivity contribution in [2.45, 2.75) is 12.5 Å². The van der Waals surface area contributed by atoms with E-state index in [0.29, 0.717) is 6.54 Å². The molecule has 1 fully saturated rings. The van der Waals surface area contributed by atoms with Gasteiger partial charge in [-0.25, -0.2) is 0 Å². The van der Waals surface area contributed by atoms with Gasteiger partial charge in [-0.15, -0.1) is 0 Å². The average molecular weight is 313 g/mol. The van der Waals surface area contributed by atoms with Crippen LogP contribution >= 0.6 is 11.8 Å². The predicted octanol–water partition coefficient (Wildman–Crippen LogP) is 1.70. The minimum Gasteiger partial charge on any atom is -0.395 e. The van der Waals surface area contributed by atoms with Crippen LogP contribution in [0.25, 0.3) is 0 Å². The molecule has 116 valence electrons. The van der Waals surface area contributed by atoms with E-state index in [-0.39, 0.29) is 17.7 Å². The van der Waals surface area contributed by atoms with E-state index < -0.39 is 10.8 Å². The van der Waals surface area contributed by atoms with E-state index in [4.69, 9.17) is 4.42 Å². The molecule has 0 spiro atoms. The van der Waals surface area contributed by atoms with Crippen molar-refractivity contribution in [2.75, 3.05) is 38.7 Å². The number of nitro groups is 1. The van der Waals surface area contributed by atoms with Crippen LogP contribution in [0.2, 0.25) is 0 Å². The van der Waals surface area contributed by atoms with Gasteiger partial charge in [0.05, 0.1) is 12.1 Å². The van der Waals surface area contributed by atoms with Gasteiger partial charge >= 0.3 is 5.88 Å². The zero-order valence-corrected chi connectivity index (χ0v) is 13.0. The molecule has 0 aliphatic carbocycles. The number of thioether (sulfide) groups is 1. The van der Waals surface area contributed by atoms with Gasteiger partial charge in [0.15, 0.2) is 5.76 Å². The predicted molar refractivity (Wildman–Crippen MR) is 80.7 cm³/mol. The van der Waals surface area contributed by atoms with Gasteiger partial charge in [-0.1, -0.05) is 0 Å². The van der Waals surface area contributed by atoms with Gasteiger partial charge < -0.3 is 14.2 Å². The third-order valence-corrected chi connectivity index (χ3v) is 4.46. The monoisotopic (exact) mass is 313 g/mol. The molecular weight excluding hydrogens is 294 g/mol. The number of furan rings is 1. The Bertz CT molecular complexity index is 517. The van der Waals surface area contributed by atoms with Gasteiger partial charge in [-0.3, -0.25) is 14.9 Å². The Morgan fingerprint density at radius 3 is 2.95 bits per heavy atom. The molecule has 21 heavy (non-hydrogen) atoms. The van der Waals surface area contributed by atoms with Crippen molar-refractivity contribution in [1.29, 1.82) is 0 Å². The van der Waals surface area contributed by atoms with Gasteiger partial charge in [0.2, 0.25) is 0 Å². The topological polar surface area (TPSA) is 79.8 Å². The Morgan fingerprint density at radius 1 is 1.57 bits per heavy atom. The first-order valence-corrected chi connectivity index (χ1v) is 7.92. The zero-order chi connectivity index (χ0) is 15.4. The quantitative estimate of drug-likeness (QED) is 0.622. The van der Waals surface area contributed by atoms with E-state index in [1.54, 1.807) is 4.90 Å². The maximum Gasteiger partial charge on any atom is 0.433 e. The highest BCUT2D eigenvalue weighted by atomic mass is 32.2. The summed E-state index contributed by atoms with van der Waals surface area (Å²) in [5.41, 5.74) is 0. The number of amides is 1. The molecule has 1 aliphatic rings. The zero-order valence-electron chi connectivity index (χ0n) is 12.2. The van der Waals surface area contributed by atoms with Crippen LogP contribution in [0.5, 0.6) is 0 Å². The second-order valence-electron chi connectivity index (χ2n) is 5.24. The van der Waals surface area contributed by atoms with E-state index in [2.05, 4.69) is 0 Å². The maximum absolute atomic E-state index is 12.6. The molecule has 1 saturated heterocycles. The summed E-state index contributed by atoms with van der Waals surface area (Å²) in [6.07, 6.45) is 0.920. The van der Waals surface area contributed by atoms with Crippen molar-refractivity contribution >= 4 is 23.6 Å². The first kappa shape index (κ1) is 15.8. The summed E-state index contributed by atoms with van der Waals surface area (Å²) in [5, 5.41) is 10.7.